The average molecular weight is 252 g/mol. The third-order valence-electron chi connectivity index (χ3n) is 1.04. The third kappa shape index (κ3) is 2.29. The van der Waals surface area contributed by atoms with Crippen molar-refractivity contribution in [1.29, 1.82) is 0 Å². The van der Waals surface area contributed by atoms with Gasteiger partial charge in [-0.3, -0.25) is 0 Å². The first kappa shape index (κ1) is 9.23. The number of nitrogens with one attached hydrogen (secondary N) is 1. The van der Waals surface area contributed by atoms with E-state index < -0.39 is 0 Å². The highest BCUT2D eigenvalue weighted by Crippen LogP contribution is 2.22. The largest absolute Gasteiger partial charge is 0.354 e. The minimum atomic E-state index is 0.762. The number of hydrogen-bond acceptors (Lipinski definition) is 4. The van der Waals surface area contributed by atoms with Gasteiger partial charge in [-0.15, -0.1) is 0 Å². The van der Waals surface area contributed by atoms with E-state index in [1.807, 2.05) is 6.26 Å². The Balaban J connectivity index is 3.02. The fraction of sp³-hybridized carbons (Fsp3) is 0.200. The molecule has 0 radical (unpaired) electrons. The summed E-state index contributed by atoms with van der Waals surface area (Å²) in [6.45, 7) is 0. The van der Waals surface area contributed by atoms with Crippen molar-refractivity contribution in [3.8, 4) is 0 Å². The van der Waals surface area contributed by atoms with Crippen LogP contribution in [0, 0.1) is 0 Å². The van der Waals surface area contributed by atoms with E-state index in [9.17, 15) is 0 Å². The van der Waals surface area contributed by atoms with Gasteiger partial charge in [0.05, 0.1) is 4.47 Å². The van der Waals surface area contributed by atoms with Crippen molar-refractivity contribution < 1.29 is 0 Å². The summed E-state index contributed by atoms with van der Waals surface area (Å²) in [5.41, 5.74) is 0. The first-order valence-electron chi connectivity index (χ1n) is 2.81. The molecule has 0 amide bonds. The molecule has 1 heterocycles. The predicted octanol–water partition coefficient (Wildman–Crippen LogP) is 2.16. The first-order chi connectivity index (χ1) is 5.27. The maximum absolute atomic E-state index is 4.18. The first-order valence-corrected chi connectivity index (χ1v) is 5.40. The normalized spacial score (nSPS) is 9.73. The molecule has 1 rings (SSSR count). The molecular formula is C5H7BrN3PS. The van der Waals surface area contributed by atoms with Crippen LogP contribution in [0.5, 0.6) is 0 Å². The zero-order valence-corrected chi connectivity index (χ0v) is 9.39. The molecule has 1 aromatic heterocycles. The molecule has 60 valence electrons. The number of halogens is 1. The number of thioether (sulfide) groups is 1. The summed E-state index contributed by atoms with van der Waals surface area (Å²) in [7, 11) is 2.39. The van der Waals surface area contributed by atoms with E-state index in [0.717, 1.165) is 15.4 Å². The van der Waals surface area contributed by atoms with Gasteiger partial charge in [0.1, 0.15) is 5.82 Å². The van der Waals surface area contributed by atoms with Crippen LogP contribution in [0.2, 0.25) is 0 Å². The molecular weight excluding hydrogens is 245 g/mol. The Labute approximate surface area is 80.2 Å². The van der Waals surface area contributed by atoms with Gasteiger partial charge in [-0.05, 0) is 31.6 Å². The van der Waals surface area contributed by atoms with Crippen LogP contribution in [0.4, 0.5) is 5.82 Å². The van der Waals surface area contributed by atoms with Crippen LogP contribution in [0.25, 0.3) is 0 Å². The van der Waals surface area contributed by atoms with Crippen LogP contribution < -0.4 is 5.09 Å². The van der Waals surface area contributed by atoms with Crippen LogP contribution >= 0.6 is 37.1 Å². The standard InChI is InChI=1S/C5H7BrN3PS/c1-11-5-7-2-3(6)4(8-5)9-10/h2H,10H2,1H3,(H,7,8,9). The van der Waals surface area contributed by atoms with Gasteiger partial charge in [-0.25, -0.2) is 9.97 Å². The summed E-state index contributed by atoms with van der Waals surface area (Å²) in [6.07, 6.45) is 3.67. The molecule has 1 unspecified atom stereocenters. The highest BCUT2D eigenvalue weighted by Gasteiger charge is 2.00. The van der Waals surface area contributed by atoms with Gasteiger partial charge < -0.3 is 5.09 Å². The van der Waals surface area contributed by atoms with E-state index in [4.69, 9.17) is 0 Å². The predicted molar refractivity (Wildman–Crippen MR) is 54.8 cm³/mol. The Hall–Kier alpha value is 0.140. The number of hydrogen-bond donors (Lipinski definition) is 1. The van der Waals surface area contributed by atoms with E-state index in [-0.39, 0.29) is 0 Å². The van der Waals surface area contributed by atoms with Crippen molar-refractivity contribution in [2.24, 2.45) is 0 Å². The smallest absolute Gasteiger partial charge is 0.189 e. The van der Waals surface area contributed by atoms with Crippen LogP contribution in [0.15, 0.2) is 15.8 Å². The van der Waals surface area contributed by atoms with Gasteiger partial charge >= 0.3 is 0 Å². The number of aromatic nitrogens is 2. The number of nitrogens with zero attached hydrogens (tertiary/aromatic N) is 2. The summed E-state index contributed by atoms with van der Waals surface area (Å²) in [5, 5.41) is 3.64. The summed E-state index contributed by atoms with van der Waals surface area (Å²) >= 11 is 4.82. The highest BCUT2D eigenvalue weighted by atomic mass is 79.9. The second-order valence-corrected chi connectivity index (χ2v) is 3.61. The fourth-order valence-electron chi connectivity index (χ4n) is 0.551. The van der Waals surface area contributed by atoms with Gasteiger partial charge in [0, 0.05) is 6.20 Å². The molecule has 11 heavy (non-hydrogen) atoms. The van der Waals surface area contributed by atoms with E-state index in [1.54, 1.807) is 6.20 Å². The lowest BCUT2D eigenvalue weighted by molar-refractivity contribution is 0.971. The Morgan fingerprint density at radius 2 is 2.45 bits per heavy atom. The summed E-state index contributed by atoms with van der Waals surface area (Å²) in [5.74, 6) is 0.786. The van der Waals surface area contributed by atoms with Gasteiger partial charge in [-0.2, -0.15) is 0 Å². The Bertz CT molecular complexity index is 257. The maximum atomic E-state index is 4.18. The molecule has 1 atom stereocenters. The van der Waals surface area contributed by atoms with E-state index >= 15 is 0 Å². The second kappa shape index (κ2) is 4.24. The lowest BCUT2D eigenvalue weighted by Crippen LogP contribution is -1.91. The molecule has 0 aromatic carbocycles. The van der Waals surface area contributed by atoms with Crippen LogP contribution in [-0.4, -0.2) is 16.2 Å². The Morgan fingerprint density at radius 1 is 1.73 bits per heavy atom. The molecule has 1 aromatic rings. The molecule has 6 heteroatoms. The van der Waals surface area contributed by atoms with Gasteiger partial charge in [0.15, 0.2) is 5.16 Å². The molecule has 3 nitrogen and oxygen atoms in total. The number of anilines is 1. The van der Waals surface area contributed by atoms with Crippen molar-refractivity contribution in [2.75, 3.05) is 11.3 Å². The van der Waals surface area contributed by atoms with Crippen LogP contribution in [-0.2, 0) is 0 Å². The zero-order chi connectivity index (χ0) is 8.27. The maximum Gasteiger partial charge on any atom is 0.189 e. The van der Waals surface area contributed by atoms with Crippen molar-refractivity contribution in [3.05, 3.63) is 10.7 Å². The average Bonchev–Trinajstić information content (AvgIpc) is 2.05. The van der Waals surface area contributed by atoms with E-state index in [1.165, 1.54) is 11.8 Å². The molecule has 0 fully saturated rings. The van der Waals surface area contributed by atoms with Crippen LogP contribution in [0.3, 0.4) is 0 Å². The van der Waals surface area contributed by atoms with Gasteiger partial charge in [0.2, 0.25) is 0 Å². The molecule has 0 aliphatic carbocycles. The molecule has 0 saturated heterocycles. The quantitative estimate of drug-likeness (QED) is 0.497. The van der Waals surface area contributed by atoms with Crippen molar-refractivity contribution in [1.82, 2.24) is 9.97 Å². The lowest BCUT2D eigenvalue weighted by Gasteiger charge is -2.01. The monoisotopic (exact) mass is 251 g/mol. The summed E-state index contributed by atoms with van der Waals surface area (Å²) < 4.78 is 0.866. The topological polar surface area (TPSA) is 37.8 Å². The van der Waals surface area contributed by atoms with Crippen LogP contribution in [0.1, 0.15) is 0 Å². The highest BCUT2D eigenvalue weighted by molar-refractivity contribution is 9.10. The van der Waals surface area contributed by atoms with Gasteiger partial charge in [-0.1, -0.05) is 11.8 Å². The van der Waals surface area contributed by atoms with Crippen molar-refractivity contribution >= 4 is 42.9 Å². The molecule has 0 aliphatic rings. The molecule has 0 spiro atoms. The minimum Gasteiger partial charge on any atom is -0.354 e. The second-order valence-electron chi connectivity index (χ2n) is 1.70. The third-order valence-corrected chi connectivity index (χ3v) is 2.46. The summed E-state index contributed by atoms with van der Waals surface area (Å²) in [4.78, 5) is 8.24. The van der Waals surface area contributed by atoms with E-state index in [2.05, 4.69) is 40.4 Å². The van der Waals surface area contributed by atoms with Gasteiger partial charge in [0.25, 0.3) is 0 Å². The summed E-state index contributed by atoms with van der Waals surface area (Å²) in [6, 6.07) is 0. The SMILES string of the molecule is CSc1ncc(Br)c(NP)n1. The lowest BCUT2D eigenvalue weighted by atomic mass is 10.6. The van der Waals surface area contributed by atoms with Crippen molar-refractivity contribution in [3.63, 3.8) is 0 Å². The Morgan fingerprint density at radius 3 is 3.00 bits per heavy atom. The molecule has 0 saturated carbocycles. The van der Waals surface area contributed by atoms with Crippen molar-refractivity contribution in [2.45, 2.75) is 5.16 Å². The number of rotatable bonds is 2. The molecule has 0 bridgehead atoms. The Kier molecular flexibility index (Phi) is 3.55. The molecule has 0 aliphatic heterocycles. The molecule has 1 N–H and O–H groups in total. The minimum absolute atomic E-state index is 0.762. The fourth-order valence-corrected chi connectivity index (χ4v) is 1.63. The zero-order valence-electron chi connectivity index (χ0n) is 5.84. The van der Waals surface area contributed by atoms with E-state index in [0.29, 0.717) is 0 Å².